The van der Waals surface area contributed by atoms with Gasteiger partial charge < -0.3 is 10.6 Å². The first kappa shape index (κ1) is 13.9. The van der Waals surface area contributed by atoms with E-state index in [-0.39, 0.29) is 0 Å². The smallest absolute Gasteiger partial charge is 0.0905 e. The van der Waals surface area contributed by atoms with E-state index in [4.69, 9.17) is 11.1 Å². The van der Waals surface area contributed by atoms with Crippen LogP contribution < -0.4 is 10.6 Å². The number of rotatable bonds is 6. The molecule has 1 aromatic rings. The highest BCUT2D eigenvalue weighted by molar-refractivity contribution is 5.76. The van der Waals surface area contributed by atoms with E-state index in [9.17, 15) is 0 Å². The molecule has 1 aliphatic heterocycles. The average Bonchev–Trinajstić information content (AvgIpc) is 2.45. The topological polar surface area (TPSA) is 56.4 Å². The van der Waals surface area contributed by atoms with Crippen molar-refractivity contribution in [3.8, 4) is 0 Å². The average molecular weight is 260 g/mol. The summed E-state index contributed by atoms with van der Waals surface area (Å²) in [6.45, 7) is 5.62. The van der Waals surface area contributed by atoms with E-state index in [0.717, 1.165) is 52.0 Å². The highest BCUT2D eigenvalue weighted by atomic mass is 15.3. The summed E-state index contributed by atoms with van der Waals surface area (Å²) in [7, 11) is 0. The van der Waals surface area contributed by atoms with Crippen LogP contribution in [0.1, 0.15) is 19.3 Å². The van der Waals surface area contributed by atoms with Gasteiger partial charge in [0.1, 0.15) is 0 Å². The Bertz CT molecular complexity index is 382. The van der Waals surface area contributed by atoms with Gasteiger partial charge in [0, 0.05) is 38.3 Å². The van der Waals surface area contributed by atoms with Crippen molar-refractivity contribution in [1.29, 1.82) is 5.41 Å². The fourth-order valence-electron chi connectivity index (χ4n) is 2.52. The molecule has 3 N–H and O–H groups in total. The molecule has 1 aromatic carbocycles. The number of nitrogens with two attached hydrogens (primary N) is 1. The van der Waals surface area contributed by atoms with Crippen LogP contribution >= 0.6 is 0 Å². The molecule has 0 bridgehead atoms. The molecule has 0 aromatic heterocycles. The molecule has 19 heavy (non-hydrogen) atoms. The van der Waals surface area contributed by atoms with Gasteiger partial charge in [-0.3, -0.25) is 10.3 Å². The SMILES string of the molecule is N=C(N)CCCCN1CCN(c2ccccc2)CC1. The third-order valence-corrected chi connectivity index (χ3v) is 3.66. The van der Waals surface area contributed by atoms with Crippen molar-refractivity contribution >= 4 is 11.5 Å². The molecule has 1 saturated heterocycles. The van der Waals surface area contributed by atoms with Gasteiger partial charge in [-0.25, -0.2) is 0 Å². The summed E-state index contributed by atoms with van der Waals surface area (Å²) >= 11 is 0. The van der Waals surface area contributed by atoms with Gasteiger partial charge in [0.05, 0.1) is 5.84 Å². The highest BCUT2D eigenvalue weighted by Gasteiger charge is 2.16. The lowest BCUT2D eigenvalue weighted by Gasteiger charge is -2.36. The number of para-hydroxylation sites is 1. The van der Waals surface area contributed by atoms with Crippen molar-refractivity contribution in [3.63, 3.8) is 0 Å². The quantitative estimate of drug-likeness (QED) is 0.467. The number of anilines is 1. The Morgan fingerprint density at radius 2 is 1.74 bits per heavy atom. The summed E-state index contributed by atoms with van der Waals surface area (Å²) in [5.74, 6) is 0.314. The third-order valence-electron chi connectivity index (χ3n) is 3.66. The molecule has 4 heteroatoms. The van der Waals surface area contributed by atoms with Crippen molar-refractivity contribution in [2.45, 2.75) is 19.3 Å². The van der Waals surface area contributed by atoms with Crippen LogP contribution in [0.3, 0.4) is 0 Å². The lowest BCUT2D eigenvalue weighted by Crippen LogP contribution is -2.46. The second kappa shape index (κ2) is 7.14. The number of amidine groups is 1. The molecular weight excluding hydrogens is 236 g/mol. The van der Waals surface area contributed by atoms with Crippen LogP contribution in [0.25, 0.3) is 0 Å². The van der Waals surface area contributed by atoms with Crippen molar-refractivity contribution < 1.29 is 0 Å². The molecule has 0 spiro atoms. The first-order valence-electron chi connectivity index (χ1n) is 7.11. The minimum Gasteiger partial charge on any atom is -0.388 e. The second-order valence-electron chi connectivity index (χ2n) is 5.15. The molecule has 0 unspecified atom stereocenters. The predicted octanol–water partition coefficient (Wildman–Crippen LogP) is 1.91. The van der Waals surface area contributed by atoms with Crippen LogP contribution in [0.4, 0.5) is 5.69 Å². The first-order chi connectivity index (χ1) is 9.25. The molecule has 1 aliphatic rings. The zero-order valence-electron chi connectivity index (χ0n) is 11.5. The normalized spacial score (nSPS) is 16.5. The molecule has 0 radical (unpaired) electrons. The maximum atomic E-state index is 7.20. The summed E-state index contributed by atoms with van der Waals surface area (Å²) in [6.07, 6.45) is 2.92. The monoisotopic (exact) mass is 260 g/mol. The van der Waals surface area contributed by atoms with Crippen molar-refractivity contribution in [2.75, 3.05) is 37.6 Å². The molecular formula is C15H24N4. The van der Waals surface area contributed by atoms with Crippen molar-refractivity contribution in [1.82, 2.24) is 4.90 Å². The standard InChI is InChI=1S/C15H24N4/c16-15(17)8-4-5-9-18-10-12-19(13-11-18)14-6-2-1-3-7-14/h1-3,6-7H,4-5,8-13H2,(H3,16,17). The van der Waals surface area contributed by atoms with Gasteiger partial charge in [0.15, 0.2) is 0 Å². The number of unbranched alkanes of at least 4 members (excludes halogenated alkanes) is 1. The lowest BCUT2D eigenvalue weighted by atomic mass is 10.2. The van der Waals surface area contributed by atoms with Crippen LogP contribution in [0.5, 0.6) is 0 Å². The van der Waals surface area contributed by atoms with Gasteiger partial charge in [-0.15, -0.1) is 0 Å². The summed E-state index contributed by atoms with van der Waals surface area (Å²) < 4.78 is 0. The van der Waals surface area contributed by atoms with E-state index in [1.165, 1.54) is 5.69 Å². The summed E-state index contributed by atoms with van der Waals surface area (Å²) in [4.78, 5) is 4.96. The zero-order chi connectivity index (χ0) is 13.5. The lowest BCUT2D eigenvalue weighted by molar-refractivity contribution is 0.253. The van der Waals surface area contributed by atoms with E-state index in [1.54, 1.807) is 0 Å². The third kappa shape index (κ3) is 4.56. The van der Waals surface area contributed by atoms with Gasteiger partial charge in [-0.2, -0.15) is 0 Å². The van der Waals surface area contributed by atoms with Crippen LogP contribution in [0.2, 0.25) is 0 Å². The van der Waals surface area contributed by atoms with E-state index in [1.807, 2.05) is 0 Å². The fraction of sp³-hybridized carbons (Fsp3) is 0.533. The fourth-order valence-corrected chi connectivity index (χ4v) is 2.52. The van der Waals surface area contributed by atoms with E-state index < -0.39 is 0 Å². The summed E-state index contributed by atoms with van der Waals surface area (Å²) in [5.41, 5.74) is 6.69. The predicted molar refractivity (Wildman–Crippen MR) is 80.9 cm³/mol. The number of nitrogens with one attached hydrogen (secondary N) is 1. The van der Waals surface area contributed by atoms with E-state index in [0.29, 0.717) is 5.84 Å². The van der Waals surface area contributed by atoms with Crippen LogP contribution in [-0.4, -0.2) is 43.5 Å². The molecule has 104 valence electrons. The second-order valence-corrected chi connectivity index (χ2v) is 5.15. The van der Waals surface area contributed by atoms with Crippen LogP contribution in [0, 0.1) is 5.41 Å². The number of piperazine rings is 1. The van der Waals surface area contributed by atoms with Gasteiger partial charge >= 0.3 is 0 Å². The van der Waals surface area contributed by atoms with Gasteiger partial charge in [-0.1, -0.05) is 18.2 Å². The minimum absolute atomic E-state index is 0.314. The molecule has 0 aliphatic carbocycles. The summed E-state index contributed by atoms with van der Waals surface area (Å²) in [5, 5.41) is 7.20. The summed E-state index contributed by atoms with van der Waals surface area (Å²) in [6, 6.07) is 10.6. The van der Waals surface area contributed by atoms with Crippen molar-refractivity contribution in [2.24, 2.45) is 5.73 Å². The number of hydrogen-bond donors (Lipinski definition) is 2. The van der Waals surface area contributed by atoms with Crippen LogP contribution in [0.15, 0.2) is 30.3 Å². The van der Waals surface area contributed by atoms with E-state index >= 15 is 0 Å². The van der Waals surface area contributed by atoms with Crippen molar-refractivity contribution in [3.05, 3.63) is 30.3 Å². The molecule has 4 nitrogen and oxygen atoms in total. The molecule has 0 atom stereocenters. The molecule has 1 heterocycles. The molecule has 1 fully saturated rings. The number of benzene rings is 1. The van der Waals surface area contributed by atoms with Crippen LogP contribution in [-0.2, 0) is 0 Å². The Hall–Kier alpha value is -1.55. The Labute approximate surface area is 115 Å². The maximum Gasteiger partial charge on any atom is 0.0905 e. The number of nitrogens with zero attached hydrogens (tertiary/aromatic N) is 2. The Kier molecular flexibility index (Phi) is 5.21. The Balaban J connectivity index is 1.67. The molecule has 2 rings (SSSR count). The van der Waals surface area contributed by atoms with E-state index in [2.05, 4.69) is 40.1 Å². The molecule has 0 amide bonds. The molecule has 0 saturated carbocycles. The van der Waals surface area contributed by atoms with Gasteiger partial charge in [-0.05, 0) is 31.5 Å². The first-order valence-corrected chi connectivity index (χ1v) is 7.11. The highest BCUT2D eigenvalue weighted by Crippen LogP contribution is 2.15. The Morgan fingerprint density at radius 1 is 1.05 bits per heavy atom. The van der Waals surface area contributed by atoms with Gasteiger partial charge in [0.25, 0.3) is 0 Å². The van der Waals surface area contributed by atoms with Gasteiger partial charge in [0.2, 0.25) is 0 Å². The number of hydrogen-bond acceptors (Lipinski definition) is 3. The largest absolute Gasteiger partial charge is 0.388 e. The zero-order valence-corrected chi connectivity index (χ0v) is 11.5. The Morgan fingerprint density at radius 3 is 2.37 bits per heavy atom. The maximum absolute atomic E-state index is 7.20. The minimum atomic E-state index is 0.314.